The molecule has 0 radical (unpaired) electrons. The number of furan rings is 2. The second-order valence-corrected chi connectivity index (χ2v) is 12.5. The van der Waals surface area contributed by atoms with Crippen molar-refractivity contribution in [2.45, 2.75) is 0 Å². The van der Waals surface area contributed by atoms with Gasteiger partial charge in [-0.05, 0) is 70.6 Å². The Morgan fingerprint density at radius 2 is 0.878 bits per heavy atom. The van der Waals surface area contributed by atoms with Crippen LogP contribution in [0.1, 0.15) is 0 Å². The third-order valence-electron chi connectivity index (χ3n) is 9.69. The molecule has 2 heterocycles. The van der Waals surface area contributed by atoms with Crippen LogP contribution in [0.5, 0.6) is 0 Å². The molecule has 0 bridgehead atoms. The smallest absolute Gasteiger partial charge is 0.143 e. The predicted octanol–water partition coefficient (Wildman–Crippen LogP) is 13.4. The van der Waals surface area contributed by atoms with Crippen molar-refractivity contribution in [1.82, 2.24) is 0 Å². The van der Waals surface area contributed by atoms with Crippen LogP contribution in [-0.4, -0.2) is 0 Å². The molecule has 0 aliphatic carbocycles. The largest absolute Gasteiger partial charge is 0.456 e. The van der Waals surface area contributed by atoms with Crippen LogP contribution in [0.25, 0.3) is 76.9 Å². The van der Waals surface area contributed by atoms with E-state index in [1.807, 2.05) is 30.3 Å². The van der Waals surface area contributed by atoms with Crippen LogP contribution < -0.4 is 4.90 Å². The molecule has 0 amide bonds. The summed E-state index contributed by atoms with van der Waals surface area (Å²) in [6.07, 6.45) is 0. The van der Waals surface area contributed by atoms with Crippen molar-refractivity contribution in [3.63, 3.8) is 0 Å². The number of para-hydroxylation sites is 3. The number of rotatable bonds is 5. The van der Waals surface area contributed by atoms with Crippen molar-refractivity contribution in [3.05, 3.63) is 176 Å². The van der Waals surface area contributed by atoms with E-state index in [0.717, 1.165) is 83.2 Å². The Labute approximate surface area is 282 Å². The third-order valence-corrected chi connectivity index (χ3v) is 9.69. The van der Waals surface area contributed by atoms with Crippen molar-refractivity contribution in [1.29, 1.82) is 0 Å². The van der Waals surface area contributed by atoms with E-state index in [1.54, 1.807) is 0 Å². The quantitative estimate of drug-likeness (QED) is 0.190. The molecule has 0 unspecified atom stereocenters. The molecular formula is C46H29NO2. The second-order valence-electron chi connectivity index (χ2n) is 12.5. The van der Waals surface area contributed by atoms with Gasteiger partial charge in [0.1, 0.15) is 22.3 Å². The van der Waals surface area contributed by atoms with E-state index in [1.165, 1.54) is 10.8 Å². The zero-order chi connectivity index (χ0) is 32.3. The fraction of sp³-hybridized carbons (Fsp3) is 0. The van der Waals surface area contributed by atoms with Gasteiger partial charge in [0.25, 0.3) is 0 Å². The molecule has 10 aromatic rings. The minimum atomic E-state index is 0.901. The molecule has 0 aliphatic heterocycles. The first-order valence-corrected chi connectivity index (χ1v) is 16.6. The summed E-state index contributed by atoms with van der Waals surface area (Å²) in [6, 6.07) is 62.0. The van der Waals surface area contributed by atoms with E-state index >= 15 is 0 Å². The van der Waals surface area contributed by atoms with Crippen LogP contribution >= 0.6 is 0 Å². The standard InChI is InChI=1S/C46H29NO2/c1-2-12-35-30(10-1)11-7-18-41(35)47(33-26-22-31(23-27-33)36-15-9-21-44-45(36)40-14-4-6-20-43(40)48-44)34-28-24-32(25-29-34)37-16-8-17-39-38-13-3-5-19-42(38)49-46(37)39/h1-29H. The van der Waals surface area contributed by atoms with Gasteiger partial charge in [-0.1, -0.05) is 127 Å². The number of nitrogens with zero attached hydrogens (tertiary/aromatic N) is 1. The van der Waals surface area contributed by atoms with E-state index in [9.17, 15) is 0 Å². The lowest BCUT2D eigenvalue weighted by Gasteiger charge is -2.27. The highest BCUT2D eigenvalue weighted by Gasteiger charge is 2.18. The lowest BCUT2D eigenvalue weighted by molar-refractivity contribution is 0.669. The van der Waals surface area contributed by atoms with Crippen LogP contribution in [0, 0.1) is 0 Å². The van der Waals surface area contributed by atoms with E-state index in [-0.39, 0.29) is 0 Å². The summed E-state index contributed by atoms with van der Waals surface area (Å²) in [5.74, 6) is 0. The van der Waals surface area contributed by atoms with Gasteiger partial charge in [0.15, 0.2) is 0 Å². The highest BCUT2D eigenvalue weighted by atomic mass is 16.3. The van der Waals surface area contributed by atoms with Crippen molar-refractivity contribution in [3.8, 4) is 22.3 Å². The average molecular weight is 628 g/mol. The number of fused-ring (bicyclic) bond motifs is 7. The Bertz CT molecular complexity index is 2820. The molecule has 0 saturated carbocycles. The molecule has 10 rings (SSSR count). The lowest BCUT2D eigenvalue weighted by Crippen LogP contribution is -2.10. The maximum absolute atomic E-state index is 6.38. The molecule has 230 valence electrons. The maximum atomic E-state index is 6.38. The second kappa shape index (κ2) is 11.0. The lowest BCUT2D eigenvalue weighted by atomic mass is 9.98. The highest BCUT2D eigenvalue weighted by Crippen LogP contribution is 2.42. The number of anilines is 3. The third kappa shape index (κ3) is 4.44. The van der Waals surface area contributed by atoms with Crippen LogP contribution in [0.15, 0.2) is 185 Å². The fourth-order valence-corrected chi connectivity index (χ4v) is 7.40. The first-order chi connectivity index (χ1) is 24.3. The summed E-state index contributed by atoms with van der Waals surface area (Å²) < 4.78 is 12.6. The molecule has 0 fully saturated rings. The van der Waals surface area contributed by atoms with Gasteiger partial charge >= 0.3 is 0 Å². The van der Waals surface area contributed by atoms with E-state index in [2.05, 4.69) is 150 Å². The molecule has 0 spiro atoms. The summed E-state index contributed by atoms with van der Waals surface area (Å²) >= 11 is 0. The summed E-state index contributed by atoms with van der Waals surface area (Å²) in [5, 5.41) is 6.94. The molecule has 0 aliphatic rings. The molecule has 0 atom stereocenters. The molecule has 49 heavy (non-hydrogen) atoms. The molecule has 0 N–H and O–H groups in total. The summed E-state index contributed by atoms with van der Waals surface area (Å²) in [5.41, 5.74) is 11.4. The first kappa shape index (κ1) is 27.5. The molecule has 3 nitrogen and oxygen atoms in total. The summed E-state index contributed by atoms with van der Waals surface area (Å²) in [7, 11) is 0. The molecule has 3 heteroatoms. The van der Waals surface area contributed by atoms with Gasteiger partial charge in [-0.3, -0.25) is 0 Å². The van der Waals surface area contributed by atoms with Gasteiger partial charge in [0, 0.05) is 43.9 Å². The Balaban J connectivity index is 1.10. The predicted molar refractivity (Wildman–Crippen MR) is 204 cm³/mol. The number of benzene rings is 8. The summed E-state index contributed by atoms with van der Waals surface area (Å²) in [6.45, 7) is 0. The van der Waals surface area contributed by atoms with Crippen LogP contribution in [0.3, 0.4) is 0 Å². The highest BCUT2D eigenvalue weighted by molar-refractivity contribution is 6.13. The minimum absolute atomic E-state index is 0.901. The van der Waals surface area contributed by atoms with Gasteiger partial charge in [0.05, 0.1) is 5.69 Å². The minimum Gasteiger partial charge on any atom is -0.456 e. The first-order valence-electron chi connectivity index (χ1n) is 16.6. The zero-order valence-electron chi connectivity index (χ0n) is 26.5. The van der Waals surface area contributed by atoms with E-state index in [0.29, 0.717) is 0 Å². The van der Waals surface area contributed by atoms with Crippen molar-refractivity contribution < 1.29 is 8.83 Å². The van der Waals surface area contributed by atoms with Gasteiger partial charge < -0.3 is 13.7 Å². The van der Waals surface area contributed by atoms with Gasteiger partial charge in [-0.25, -0.2) is 0 Å². The van der Waals surface area contributed by atoms with Gasteiger partial charge in [0.2, 0.25) is 0 Å². The fourth-order valence-electron chi connectivity index (χ4n) is 7.40. The van der Waals surface area contributed by atoms with Crippen molar-refractivity contribution in [2.24, 2.45) is 0 Å². The topological polar surface area (TPSA) is 29.5 Å². The Kier molecular flexibility index (Phi) is 6.18. The van der Waals surface area contributed by atoms with Crippen molar-refractivity contribution in [2.75, 3.05) is 4.90 Å². The van der Waals surface area contributed by atoms with E-state index < -0.39 is 0 Å². The molecule has 8 aromatic carbocycles. The number of hydrogen-bond acceptors (Lipinski definition) is 3. The van der Waals surface area contributed by atoms with E-state index in [4.69, 9.17) is 8.83 Å². The normalized spacial score (nSPS) is 11.7. The van der Waals surface area contributed by atoms with Crippen LogP contribution in [0.2, 0.25) is 0 Å². The maximum Gasteiger partial charge on any atom is 0.143 e. The van der Waals surface area contributed by atoms with Crippen LogP contribution in [-0.2, 0) is 0 Å². The SMILES string of the molecule is c1ccc2c(N(c3ccc(-c4cccc5c4oc4ccccc45)cc3)c3ccc(-c4cccc5oc6ccccc6c45)cc3)cccc2c1. The summed E-state index contributed by atoms with van der Waals surface area (Å²) in [4.78, 5) is 2.35. The van der Waals surface area contributed by atoms with Gasteiger partial charge in [-0.15, -0.1) is 0 Å². The monoisotopic (exact) mass is 627 g/mol. The molecule has 2 aromatic heterocycles. The van der Waals surface area contributed by atoms with Gasteiger partial charge in [-0.2, -0.15) is 0 Å². The Morgan fingerprint density at radius 1 is 0.347 bits per heavy atom. The number of hydrogen-bond donors (Lipinski definition) is 0. The van der Waals surface area contributed by atoms with Crippen LogP contribution in [0.4, 0.5) is 17.1 Å². The zero-order valence-corrected chi connectivity index (χ0v) is 26.5. The Morgan fingerprint density at radius 3 is 1.65 bits per heavy atom. The molecular weight excluding hydrogens is 599 g/mol. The Hall–Kier alpha value is -6.58. The average Bonchev–Trinajstić information content (AvgIpc) is 3.74. The van der Waals surface area contributed by atoms with Crippen molar-refractivity contribution >= 4 is 71.7 Å². The molecule has 0 saturated heterocycles.